The number of nitrogens with zero attached hydrogens (tertiary/aromatic N) is 5. The number of aliphatic hydroxyl groups excluding tert-OH is 1. The SMILES string of the molecule is Cc1noc(C)c1-c1ccc2c3c1OCC(c1cccnc1)N3C(N1CC(O)C1)N2C. The second-order valence-corrected chi connectivity index (χ2v) is 8.59. The van der Waals surface area contributed by atoms with E-state index in [4.69, 9.17) is 9.26 Å². The first-order chi connectivity index (χ1) is 15.0. The summed E-state index contributed by atoms with van der Waals surface area (Å²) in [4.78, 5) is 11.4. The molecule has 1 N–H and O–H groups in total. The Morgan fingerprint density at radius 3 is 2.68 bits per heavy atom. The molecule has 0 amide bonds. The van der Waals surface area contributed by atoms with Gasteiger partial charge in [0.1, 0.15) is 18.1 Å². The fraction of sp³-hybridized carbons (Fsp3) is 0.391. The number of β-amino-alcohol motifs (C(OH)–C–C–N with tert-alkyl or cyclic N) is 1. The fourth-order valence-electron chi connectivity index (χ4n) is 5.22. The molecule has 1 saturated heterocycles. The predicted molar refractivity (Wildman–Crippen MR) is 116 cm³/mol. The van der Waals surface area contributed by atoms with Crippen molar-refractivity contribution in [2.24, 2.45) is 0 Å². The van der Waals surface area contributed by atoms with Crippen molar-refractivity contribution >= 4 is 11.4 Å². The summed E-state index contributed by atoms with van der Waals surface area (Å²) < 4.78 is 11.9. The largest absolute Gasteiger partial charge is 0.488 e. The highest BCUT2D eigenvalue weighted by Gasteiger charge is 2.49. The number of anilines is 2. The molecule has 0 saturated carbocycles. The third-order valence-corrected chi connectivity index (χ3v) is 6.65. The van der Waals surface area contributed by atoms with Gasteiger partial charge in [-0.25, -0.2) is 0 Å². The van der Waals surface area contributed by atoms with Crippen LogP contribution in [0.1, 0.15) is 23.1 Å². The second-order valence-electron chi connectivity index (χ2n) is 8.59. The van der Waals surface area contributed by atoms with Crippen LogP contribution in [0.5, 0.6) is 5.75 Å². The zero-order valence-corrected chi connectivity index (χ0v) is 17.8. The lowest BCUT2D eigenvalue weighted by molar-refractivity contribution is -0.0264. The minimum Gasteiger partial charge on any atom is -0.488 e. The summed E-state index contributed by atoms with van der Waals surface area (Å²) in [5.41, 5.74) is 6.15. The number of likely N-dealkylation sites (tertiary alicyclic amines) is 1. The Morgan fingerprint density at radius 1 is 1.16 bits per heavy atom. The number of aliphatic hydroxyl groups is 1. The van der Waals surface area contributed by atoms with Gasteiger partial charge in [-0.3, -0.25) is 9.88 Å². The van der Waals surface area contributed by atoms with E-state index in [9.17, 15) is 5.11 Å². The van der Waals surface area contributed by atoms with Crippen LogP contribution in [0.25, 0.3) is 11.1 Å². The molecule has 3 aliphatic rings. The molecule has 31 heavy (non-hydrogen) atoms. The number of aromatic nitrogens is 2. The molecule has 1 aromatic carbocycles. The van der Waals surface area contributed by atoms with Gasteiger partial charge in [0, 0.05) is 38.1 Å². The van der Waals surface area contributed by atoms with E-state index >= 15 is 0 Å². The van der Waals surface area contributed by atoms with Crippen LogP contribution >= 0.6 is 0 Å². The third kappa shape index (κ3) is 2.61. The van der Waals surface area contributed by atoms with Crippen molar-refractivity contribution in [2.75, 3.05) is 36.5 Å². The van der Waals surface area contributed by atoms with E-state index < -0.39 is 0 Å². The maximum atomic E-state index is 9.99. The molecule has 3 aliphatic heterocycles. The molecule has 0 radical (unpaired) electrons. The van der Waals surface area contributed by atoms with Crippen molar-refractivity contribution in [3.63, 3.8) is 0 Å². The Labute approximate surface area is 180 Å². The summed E-state index contributed by atoms with van der Waals surface area (Å²) in [6, 6.07) is 8.34. The maximum Gasteiger partial charge on any atom is 0.161 e. The molecule has 0 bridgehead atoms. The number of rotatable bonds is 3. The fourth-order valence-corrected chi connectivity index (χ4v) is 5.22. The van der Waals surface area contributed by atoms with Crippen LogP contribution in [0.4, 0.5) is 11.4 Å². The standard InChI is InChI=1S/C23H25N5O3/c1-13-20(14(2)31-25-13)17-6-7-18-21-22(17)30-12-19(15-5-4-8-24-9-15)28(21)23(26(18)3)27-10-16(29)11-27/h4-9,16,19,23,29H,10-12H2,1-3H3. The van der Waals surface area contributed by atoms with Crippen LogP contribution in [-0.4, -0.2) is 59.3 Å². The molecule has 0 spiro atoms. The number of pyridine rings is 1. The molecule has 5 heterocycles. The Bertz CT molecular complexity index is 1120. The average Bonchev–Trinajstić information content (AvgIpc) is 3.24. The van der Waals surface area contributed by atoms with Crippen LogP contribution in [-0.2, 0) is 0 Å². The van der Waals surface area contributed by atoms with Crippen LogP contribution in [0, 0.1) is 13.8 Å². The Kier molecular flexibility index (Phi) is 4.03. The Balaban J connectivity index is 1.54. The molecule has 2 aromatic heterocycles. The summed E-state index contributed by atoms with van der Waals surface area (Å²) in [7, 11) is 2.11. The van der Waals surface area contributed by atoms with E-state index in [2.05, 4.69) is 50.1 Å². The summed E-state index contributed by atoms with van der Waals surface area (Å²) in [5.74, 6) is 1.65. The molecular formula is C23H25N5O3. The molecule has 8 nitrogen and oxygen atoms in total. The molecular weight excluding hydrogens is 394 g/mol. The molecule has 3 aromatic rings. The van der Waals surface area contributed by atoms with Crippen molar-refractivity contribution in [1.29, 1.82) is 0 Å². The lowest BCUT2D eigenvalue weighted by Crippen LogP contribution is -2.65. The maximum absolute atomic E-state index is 9.99. The van der Waals surface area contributed by atoms with Crippen LogP contribution in [0.15, 0.2) is 41.2 Å². The van der Waals surface area contributed by atoms with E-state index in [1.807, 2.05) is 26.1 Å². The zero-order valence-electron chi connectivity index (χ0n) is 17.8. The van der Waals surface area contributed by atoms with Gasteiger partial charge in [-0.1, -0.05) is 11.2 Å². The molecule has 160 valence electrons. The second kappa shape index (κ2) is 6.70. The van der Waals surface area contributed by atoms with Gasteiger partial charge in [0.25, 0.3) is 0 Å². The molecule has 1 fully saturated rings. The summed E-state index contributed by atoms with van der Waals surface area (Å²) in [5, 5.41) is 14.1. The number of hydrogen-bond acceptors (Lipinski definition) is 8. The predicted octanol–water partition coefficient (Wildman–Crippen LogP) is 2.70. The van der Waals surface area contributed by atoms with Crippen molar-refractivity contribution in [1.82, 2.24) is 15.0 Å². The van der Waals surface area contributed by atoms with Crippen molar-refractivity contribution in [3.8, 4) is 16.9 Å². The van der Waals surface area contributed by atoms with Crippen LogP contribution < -0.4 is 14.5 Å². The van der Waals surface area contributed by atoms with Crippen LogP contribution in [0.2, 0.25) is 0 Å². The highest BCUT2D eigenvalue weighted by atomic mass is 16.5. The van der Waals surface area contributed by atoms with E-state index in [1.165, 1.54) is 0 Å². The zero-order chi connectivity index (χ0) is 21.3. The highest BCUT2D eigenvalue weighted by Crippen LogP contribution is 2.56. The van der Waals surface area contributed by atoms with Gasteiger partial charge >= 0.3 is 0 Å². The number of aryl methyl sites for hydroxylation is 2. The molecule has 2 atom stereocenters. The smallest absolute Gasteiger partial charge is 0.161 e. The minimum absolute atomic E-state index is 0.00572. The van der Waals surface area contributed by atoms with Gasteiger partial charge in [-0.15, -0.1) is 0 Å². The summed E-state index contributed by atoms with van der Waals surface area (Å²) in [6.45, 7) is 5.73. The first kappa shape index (κ1) is 18.7. The van der Waals surface area contributed by atoms with E-state index in [0.717, 1.165) is 45.3 Å². The number of benzene rings is 1. The lowest BCUT2D eigenvalue weighted by Gasteiger charge is -2.49. The van der Waals surface area contributed by atoms with Crippen LogP contribution in [0.3, 0.4) is 0 Å². The molecule has 6 rings (SSSR count). The van der Waals surface area contributed by atoms with Gasteiger partial charge in [0.15, 0.2) is 12.0 Å². The monoisotopic (exact) mass is 419 g/mol. The lowest BCUT2D eigenvalue weighted by atomic mass is 9.98. The first-order valence-corrected chi connectivity index (χ1v) is 10.6. The average molecular weight is 419 g/mol. The molecule has 0 aliphatic carbocycles. The Morgan fingerprint density at radius 2 is 2.00 bits per heavy atom. The minimum atomic E-state index is -0.271. The quantitative estimate of drug-likeness (QED) is 0.694. The molecule has 2 unspecified atom stereocenters. The van der Waals surface area contributed by atoms with E-state index in [1.54, 1.807) is 6.20 Å². The highest BCUT2D eigenvalue weighted by molar-refractivity contribution is 5.92. The third-order valence-electron chi connectivity index (χ3n) is 6.65. The topological polar surface area (TPSA) is 78.1 Å². The van der Waals surface area contributed by atoms with E-state index in [0.29, 0.717) is 19.7 Å². The van der Waals surface area contributed by atoms with Gasteiger partial charge in [0.2, 0.25) is 0 Å². The van der Waals surface area contributed by atoms with Gasteiger partial charge in [-0.2, -0.15) is 0 Å². The first-order valence-electron chi connectivity index (χ1n) is 10.6. The van der Waals surface area contributed by atoms with Gasteiger partial charge in [-0.05, 0) is 37.6 Å². The normalized spacial score (nSPS) is 23.0. The van der Waals surface area contributed by atoms with E-state index in [-0.39, 0.29) is 18.4 Å². The molecule has 8 heteroatoms. The van der Waals surface area contributed by atoms with Crippen molar-refractivity contribution < 1.29 is 14.4 Å². The number of hydrogen-bond donors (Lipinski definition) is 1. The summed E-state index contributed by atoms with van der Waals surface area (Å²) in [6.07, 6.45) is 3.44. The van der Waals surface area contributed by atoms with Crippen molar-refractivity contribution in [3.05, 3.63) is 53.7 Å². The van der Waals surface area contributed by atoms with Gasteiger partial charge < -0.3 is 24.2 Å². The number of ether oxygens (including phenoxy) is 1. The van der Waals surface area contributed by atoms with Gasteiger partial charge in [0.05, 0.1) is 29.1 Å². The summed E-state index contributed by atoms with van der Waals surface area (Å²) >= 11 is 0. The Hall–Kier alpha value is -3.10. The van der Waals surface area contributed by atoms with Crippen molar-refractivity contribution in [2.45, 2.75) is 32.3 Å².